The van der Waals surface area contributed by atoms with Crippen molar-refractivity contribution in [1.29, 1.82) is 0 Å². The molecule has 2 aromatic carbocycles. The summed E-state index contributed by atoms with van der Waals surface area (Å²) in [4.78, 5) is 30.3. The van der Waals surface area contributed by atoms with Crippen molar-refractivity contribution in [2.45, 2.75) is 6.92 Å². The Morgan fingerprint density at radius 2 is 1.92 bits per heavy atom. The van der Waals surface area contributed by atoms with Gasteiger partial charge >= 0.3 is 5.97 Å². The molecule has 0 radical (unpaired) electrons. The minimum Gasteiger partial charge on any atom is -0.478 e. The highest BCUT2D eigenvalue weighted by Gasteiger charge is 2.32. The van der Waals surface area contributed by atoms with Crippen molar-refractivity contribution in [2.75, 3.05) is 6.54 Å². The number of amides is 1. The van der Waals surface area contributed by atoms with Crippen LogP contribution in [-0.2, 0) is 4.79 Å². The van der Waals surface area contributed by atoms with Gasteiger partial charge in [0.05, 0.1) is 16.2 Å². The SMILES string of the molecule is CCN1C(=O)/C(=C/c2ccc(F)cc2)SC1=Nc1ccccc1C(=O)O. The van der Waals surface area contributed by atoms with E-state index in [2.05, 4.69) is 4.99 Å². The molecular weight excluding hydrogens is 355 g/mol. The molecule has 0 bridgehead atoms. The van der Waals surface area contributed by atoms with E-state index in [0.29, 0.717) is 22.2 Å². The molecular formula is C19H15FN2O3S. The largest absolute Gasteiger partial charge is 0.478 e. The maximum atomic E-state index is 13.0. The highest BCUT2D eigenvalue weighted by atomic mass is 32.2. The molecule has 1 fully saturated rings. The first-order chi connectivity index (χ1) is 12.5. The zero-order valence-electron chi connectivity index (χ0n) is 13.8. The molecule has 0 atom stereocenters. The van der Waals surface area contributed by atoms with Gasteiger partial charge < -0.3 is 5.11 Å². The van der Waals surface area contributed by atoms with Crippen LogP contribution in [0.2, 0.25) is 0 Å². The van der Waals surface area contributed by atoms with E-state index in [4.69, 9.17) is 0 Å². The number of likely N-dealkylation sites (N-methyl/N-ethyl adjacent to an activating group) is 1. The summed E-state index contributed by atoms with van der Waals surface area (Å²) in [5, 5.41) is 9.70. The van der Waals surface area contributed by atoms with Crippen LogP contribution in [0, 0.1) is 5.82 Å². The number of hydrogen-bond acceptors (Lipinski definition) is 4. The van der Waals surface area contributed by atoms with Gasteiger partial charge in [-0.3, -0.25) is 9.69 Å². The predicted octanol–water partition coefficient (Wildman–Crippen LogP) is 4.15. The van der Waals surface area contributed by atoms with E-state index in [1.807, 2.05) is 6.92 Å². The molecule has 0 spiro atoms. The molecule has 132 valence electrons. The van der Waals surface area contributed by atoms with Crippen molar-refractivity contribution in [3.8, 4) is 0 Å². The minimum atomic E-state index is -1.08. The average Bonchev–Trinajstić information content (AvgIpc) is 2.92. The first kappa shape index (κ1) is 17.9. The monoisotopic (exact) mass is 370 g/mol. The van der Waals surface area contributed by atoms with Gasteiger partial charge in [0.25, 0.3) is 5.91 Å². The number of benzene rings is 2. The Labute approximate surface area is 153 Å². The Morgan fingerprint density at radius 1 is 1.23 bits per heavy atom. The van der Waals surface area contributed by atoms with Gasteiger partial charge in [-0.1, -0.05) is 24.3 Å². The molecule has 1 saturated heterocycles. The van der Waals surface area contributed by atoms with Gasteiger partial charge in [-0.15, -0.1) is 0 Å². The zero-order valence-corrected chi connectivity index (χ0v) is 14.7. The molecule has 1 heterocycles. The zero-order chi connectivity index (χ0) is 18.7. The fourth-order valence-electron chi connectivity index (χ4n) is 2.44. The van der Waals surface area contributed by atoms with Gasteiger partial charge in [0.2, 0.25) is 0 Å². The first-order valence-corrected chi connectivity index (χ1v) is 8.69. The van der Waals surface area contributed by atoms with Gasteiger partial charge in [-0.05, 0) is 54.6 Å². The lowest BCUT2D eigenvalue weighted by Gasteiger charge is -2.12. The maximum absolute atomic E-state index is 13.0. The second-order valence-corrected chi connectivity index (χ2v) is 6.44. The summed E-state index contributed by atoms with van der Waals surface area (Å²) in [5.41, 5.74) is 1.06. The molecule has 5 nitrogen and oxygen atoms in total. The van der Waals surface area contributed by atoms with Crippen LogP contribution in [0.3, 0.4) is 0 Å². The second-order valence-electron chi connectivity index (χ2n) is 5.43. The van der Waals surface area contributed by atoms with Crippen LogP contribution < -0.4 is 0 Å². The highest BCUT2D eigenvalue weighted by Crippen LogP contribution is 2.34. The van der Waals surface area contributed by atoms with Gasteiger partial charge in [0, 0.05) is 6.54 Å². The summed E-state index contributed by atoms with van der Waals surface area (Å²) in [6.45, 7) is 2.22. The van der Waals surface area contributed by atoms with E-state index in [1.165, 1.54) is 34.9 Å². The number of thioether (sulfide) groups is 1. The van der Waals surface area contributed by atoms with Crippen LogP contribution >= 0.6 is 11.8 Å². The van der Waals surface area contributed by atoms with Gasteiger partial charge in [0.1, 0.15) is 5.82 Å². The standard InChI is InChI=1S/C19H15FN2O3S/c1-2-22-17(23)16(11-12-7-9-13(20)10-8-12)26-19(22)21-15-6-4-3-5-14(15)18(24)25/h3-11H,2H2,1H3,(H,24,25)/b16-11-,21-19?. The number of carbonyl (C=O) groups is 2. The molecule has 1 aliphatic rings. The molecule has 3 rings (SSSR count). The normalized spacial score (nSPS) is 17.3. The third-order valence-electron chi connectivity index (χ3n) is 3.72. The quantitative estimate of drug-likeness (QED) is 0.821. The smallest absolute Gasteiger partial charge is 0.337 e. The van der Waals surface area contributed by atoms with Crippen molar-refractivity contribution >= 4 is 40.6 Å². The topological polar surface area (TPSA) is 70.0 Å². The molecule has 0 aromatic heterocycles. The van der Waals surface area contributed by atoms with Crippen LogP contribution in [0.25, 0.3) is 6.08 Å². The number of carbonyl (C=O) groups excluding carboxylic acids is 1. The van der Waals surface area contributed by atoms with Crippen molar-refractivity contribution in [2.24, 2.45) is 4.99 Å². The second kappa shape index (κ2) is 7.53. The van der Waals surface area contributed by atoms with E-state index < -0.39 is 5.97 Å². The fraction of sp³-hybridized carbons (Fsp3) is 0.105. The highest BCUT2D eigenvalue weighted by molar-refractivity contribution is 8.18. The van der Waals surface area contributed by atoms with Crippen LogP contribution in [0.4, 0.5) is 10.1 Å². The predicted molar refractivity (Wildman–Crippen MR) is 99.9 cm³/mol. The summed E-state index contributed by atoms with van der Waals surface area (Å²) in [6, 6.07) is 12.2. The number of rotatable bonds is 4. The first-order valence-electron chi connectivity index (χ1n) is 7.87. The van der Waals surface area contributed by atoms with Crippen molar-refractivity contribution in [1.82, 2.24) is 4.90 Å². The summed E-state index contributed by atoms with van der Waals surface area (Å²) in [7, 11) is 0. The lowest BCUT2D eigenvalue weighted by Crippen LogP contribution is -2.28. The van der Waals surface area contributed by atoms with E-state index in [0.717, 1.165) is 0 Å². The van der Waals surface area contributed by atoms with E-state index in [1.54, 1.807) is 36.4 Å². The van der Waals surface area contributed by atoms with Gasteiger partial charge in [-0.25, -0.2) is 14.2 Å². The lowest BCUT2D eigenvalue weighted by molar-refractivity contribution is -0.122. The summed E-state index contributed by atoms with van der Waals surface area (Å²) in [6.07, 6.45) is 1.67. The summed E-state index contributed by atoms with van der Waals surface area (Å²) >= 11 is 1.17. The summed E-state index contributed by atoms with van der Waals surface area (Å²) < 4.78 is 13.0. The van der Waals surface area contributed by atoms with Crippen molar-refractivity contribution in [3.63, 3.8) is 0 Å². The van der Waals surface area contributed by atoms with Gasteiger partial charge in [0.15, 0.2) is 5.17 Å². The Hall–Kier alpha value is -2.93. The van der Waals surface area contributed by atoms with E-state index in [9.17, 15) is 19.1 Å². The number of aromatic carboxylic acids is 1. The molecule has 0 saturated carbocycles. The third kappa shape index (κ3) is 3.67. The number of aliphatic imine (C=N–C) groups is 1. The number of amidine groups is 1. The molecule has 1 amide bonds. The number of nitrogens with zero attached hydrogens (tertiary/aromatic N) is 2. The molecule has 2 aromatic rings. The number of carboxylic acid groups (broad SMARTS) is 1. The Balaban J connectivity index is 1.97. The van der Waals surface area contributed by atoms with Crippen molar-refractivity contribution in [3.05, 3.63) is 70.4 Å². The van der Waals surface area contributed by atoms with E-state index >= 15 is 0 Å². The lowest BCUT2D eigenvalue weighted by atomic mass is 10.2. The maximum Gasteiger partial charge on any atom is 0.337 e. The third-order valence-corrected chi connectivity index (χ3v) is 4.73. The number of hydrogen-bond donors (Lipinski definition) is 1. The van der Waals surface area contributed by atoms with Crippen LogP contribution in [-0.4, -0.2) is 33.6 Å². The average molecular weight is 370 g/mol. The Morgan fingerprint density at radius 3 is 2.58 bits per heavy atom. The van der Waals surface area contributed by atoms with Crippen LogP contribution in [0.15, 0.2) is 58.4 Å². The number of para-hydroxylation sites is 1. The van der Waals surface area contributed by atoms with Crippen LogP contribution in [0.5, 0.6) is 0 Å². The number of halogens is 1. The molecule has 1 N–H and O–H groups in total. The molecule has 7 heteroatoms. The minimum absolute atomic E-state index is 0.0695. The van der Waals surface area contributed by atoms with Crippen molar-refractivity contribution < 1.29 is 19.1 Å². The van der Waals surface area contributed by atoms with Crippen LogP contribution in [0.1, 0.15) is 22.8 Å². The Bertz CT molecular complexity index is 923. The molecule has 26 heavy (non-hydrogen) atoms. The van der Waals surface area contributed by atoms with E-state index in [-0.39, 0.29) is 23.0 Å². The fourth-order valence-corrected chi connectivity index (χ4v) is 3.49. The molecule has 0 unspecified atom stereocenters. The van der Waals surface area contributed by atoms with Gasteiger partial charge in [-0.2, -0.15) is 0 Å². The number of carboxylic acids is 1. The summed E-state index contributed by atoms with van der Waals surface area (Å²) in [5.74, 6) is -1.64. The Kier molecular flexibility index (Phi) is 5.18. The molecule has 1 aliphatic heterocycles. The molecule has 0 aliphatic carbocycles.